The average Bonchev–Trinajstić information content (AvgIpc) is 3.41. The third-order valence-electron chi connectivity index (χ3n) is 4.04. The van der Waals surface area contributed by atoms with Gasteiger partial charge in [-0.1, -0.05) is 0 Å². The maximum atomic E-state index is 12.8. The largest absolute Gasteiger partial charge is 0.497 e. The second-order valence-corrected chi connectivity index (χ2v) is 5.52. The normalized spacial score (nSPS) is 15.2. The fourth-order valence-electron chi connectivity index (χ4n) is 2.59. The van der Waals surface area contributed by atoms with E-state index in [2.05, 4.69) is 16.9 Å². The minimum atomic E-state index is -0.162. The van der Waals surface area contributed by atoms with Crippen molar-refractivity contribution in [3.8, 4) is 5.75 Å². The molecule has 0 N–H and O–H groups in total. The Morgan fingerprint density at radius 2 is 1.86 bits per heavy atom. The second-order valence-electron chi connectivity index (χ2n) is 5.52. The van der Waals surface area contributed by atoms with E-state index in [1.165, 1.54) is 0 Å². The Hall–Kier alpha value is -2.43. The second kappa shape index (κ2) is 6.13. The lowest BCUT2D eigenvalue weighted by molar-refractivity contribution is 0.0965. The maximum absolute atomic E-state index is 12.8. The predicted octanol–water partition coefficient (Wildman–Crippen LogP) is 2.93. The average molecular weight is 297 g/mol. The minimum Gasteiger partial charge on any atom is -0.497 e. The van der Waals surface area contributed by atoms with E-state index in [-0.39, 0.29) is 17.8 Å². The van der Waals surface area contributed by atoms with E-state index in [1.807, 2.05) is 24.3 Å². The first-order valence-electron chi connectivity index (χ1n) is 7.45. The molecular weight excluding hydrogens is 278 g/mol. The number of ether oxygens (including phenoxy) is 1. The van der Waals surface area contributed by atoms with Gasteiger partial charge < -0.3 is 9.64 Å². The molecule has 1 amide bonds. The van der Waals surface area contributed by atoms with Crippen LogP contribution in [0.1, 0.15) is 30.4 Å². The first-order chi connectivity index (χ1) is 10.7. The van der Waals surface area contributed by atoms with Crippen LogP contribution in [0, 0.1) is 5.92 Å². The van der Waals surface area contributed by atoms with Crippen molar-refractivity contribution in [3.05, 3.63) is 48.5 Å². The van der Waals surface area contributed by atoms with Crippen LogP contribution in [-0.4, -0.2) is 29.0 Å². The Morgan fingerprint density at radius 1 is 1.23 bits per heavy atom. The Balaban J connectivity index is 1.94. The summed E-state index contributed by atoms with van der Waals surface area (Å²) >= 11 is 0. The summed E-state index contributed by atoms with van der Waals surface area (Å²) in [5.74, 6) is 1.39. The van der Waals surface area contributed by atoms with Crippen LogP contribution in [0.4, 0.5) is 5.69 Å². The molecule has 0 spiro atoms. The lowest BCUT2D eigenvalue weighted by Crippen LogP contribution is -2.41. The van der Waals surface area contributed by atoms with Crippen LogP contribution >= 0.6 is 0 Å². The highest BCUT2D eigenvalue weighted by atomic mass is 16.5. The zero-order valence-electron chi connectivity index (χ0n) is 12.8. The number of amides is 1. The molecule has 1 atom stereocenters. The summed E-state index contributed by atoms with van der Waals surface area (Å²) < 4.78 is 5.19. The van der Waals surface area contributed by atoms with Crippen LogP contribution in [0.2, 0.25) is 0 Å². The van der Waals surface area contributed by atoms with Gasteiger partial charge in [-0.25, -0.2) is 9.97 Å². The van der Waals surface area contributed by atoms with E-state index in [9.17, 15) is 4.79 Å². The zero-order chi connectivity index (χ0) is 15.5. The van der Waals surface area contributed by atoms with Crippen LogP contribution in [0.3, 0.4) is 0 Å². The molecular formula is C17H19N3O2. The molecule has 2 aromatic rings. The summed E-state index contributed by atoms with van der Waals surface area (Å²) in [7, 11) is 1.63. The van der Waals surface area contributed by atoms with Crippen LogP contribution in [-0.2, 0) is 0 Å². The van der Waals surface area contributed by atoms with Crippen molar-refractivity contribution in [2.45, 2.75) is 25.8 Å². The standard InChI is InChI=1S/C17H19N3O2/c1-12(13-4-5-13)20(14-6-8-15(22-2)9-7-14)17(21)16-18-10-3-11-19-16/h3,6-13H,4-5H2,1-2H3/t12-/m1/s1. The van der Waals surface area contributed by atoms with Gasteiger partial charge in [0, 0.05) is 24.1 Å². The maximum Gasteiger partial charge on any atom is 0.296 e. The fourth-order valence-corrected chi connectivity index (χ4v) is 2.59. The Morgan fingerprint density at radius 3 is 2.41 bits per heavy atom. The predicted molar refractivity (Wildman–Crippen MR) is 84.0 cm³/mol. The quantitative estimate of drug-likeness (QED) is 0.851. The van der Waals surface area contributed by atoms with Gasteiger partial charge in [-0.05, 0) is 56.0 Å². The van der Waals surface area contributed by atoms with Gasteiger partial charge >= 0.3 is 0 Å². The molecule has 0 aliphatic heterocycles. The fraction of sp³-hybridized carbons (Fsp3) is 0.353. The van der Waals surface area contributed by atoms with E-state index in [1.54, 1.807) is 30.5 Å². The van der Waals surface area contributed by atoms with Gasteiger partial charge in [0.2, 0.25) is 5.82 Å². The summed E-state index contributed by atoms with van der Waals surface area (Å²) in [6.07, 6.45) is 5.51. The smallest absolute Gasteiger partial charge is 0.296 e. The van der Waals surface area contributed by atoms with Gasteiger partial charge in [0.1, 0.15) is 5.75 Å². The van der Waals surface area contributed by atoms with Crippen LogP contribution in [0.25, 0.3) is 0 Å². The highest BCUT2D eigenvalue weighted by Gasteiger charge is 2.36. The zero-order valence-corrected chi connectivity index (χ0v) is 12.8. The summed E-state index contributed by atoms with van der Waals surface area (Å²) in [4.78, 5) is 22.8. The van der Waals surface area contributed by atoms with E-state index < -0.39 is 0 Å². The molecule has 22 heavy (non-hydrogen) atoms. The number of anilines is 1. The van der Waals surface area contributed by atoms with Gasteiger partial charge in [0.05, 0.1) is 7.11 Å². The molecule has 1 aromatic heterocycles. The number of carbonyl (C=O) groups is 1. The van der Waals surface area contributed by atoms with Crippen LogP contribution in [0.15, 0.2) is 42.7 Å². The molecule has 3 rings (SSSR count). The molecule has 1 fully saturated rings. The lowest BCUT2D eigenvalue weighted by Gasteiger charge is -2.29. The number of carbonyl (C=O) groups excluding carboxylic acids is 1. The van der Waals surface area contributed by atoms with Crippen molar-refractivity contribution in [2.75, 3.05) is 12.0 Å². The summed E-state index contributed by atoms with van der Waals surface area (Å²) in [5, 5.41) is 0. The molecule has 1 aliphatic rings. The number of aromatic nitrogens is 2. The SMILES string of the molecule is COc1ccc(N(C(=O)c2ncccn2)[C@H](C)C2CC2)cc1. The van der Waals surface area contributed by atoms with Crippen molar-refractivity contribution in [2.24, 2.45) is 5.92 Å². The highest BCUT2D eigenvalue weighted by Crippen LogP contribution is 2.37. The molecule has 0 bridgehead atoms. The summed E-state index contributed by atoms with van der Waals surface area (Å²) in [5.41, 5.74) is 0.845. The van der Waals surface area contributed by atoms with E-state index >= 15 is 0 Å². The van der Waals surface area contributed by atoms with E-state index in [4.69, 9.17) is 4.74 Å². The Labute approximate surface area is 130 Å². The first-order valence-corrected chi connectivity index (χ1v) is 7.45. The molecule has 0 radical (unpaired) electrons. The summed E-state index contributed by atoms with van der Waals surface area (Å²) in [6.45, 7) is 2.09. The molecule has 114 valence electrons. The third-order valence-corrected chi connectivity index (χ3v) is 4.04. The molecule has 1 heterocycles. The number of rotatable bonds is 5. The van der Waals surface area contributed by atoms with Gasteiger partial charge in [0.25, 0.3) is 5.91 Å². The van der Waals surface area contributed by atoms with Crippen molar-refractivity contribution < 1.29 is 9.53 Å². The molecule has 1 saturated carbocycles. The highest BCUT2D eigenvalue weighted by molar-refractivity contribution is 6.04. The van der Waals surface area contributed by atoms with Crippen molar-refractivity contribution in [1.29, 1.82) is 0 Å². The van der Waals surface area contributed by atoms with Crippen molar-refractivity contribution >= 4 is 11.6 Å². The van der Waals surface area contributed by atoms with Gasteiger partial charge in [-0.3, -0.25) is 4.79 Å². The number of hydrogen-bond donors (Lipinski definition) is 0. The molecule has 1 aromatic carbocycles. The van der Waals surface area contributed by atoms with E-state index in [0.29, 0.717) is 5.92 Å². The topological polar surface area (TPSA) is 55.3 Å². The van der Waals surface area contributed by atoms with Crippen LogP contribution < -0.4 is 9.64 Å². The number of hydrogen-bond acceptors (Lipinski definition) is 4. The molecule has 5 heteroatoms. The molecule has 5 nitrogen and oxygen atoms in total. The van der Waals surface area contributed by atoms with Crippen LogP contribution in [0.5, 0.6) is 5.75 Å². The van der Waals surface area contributed by atoms with Gasteiger partial charge in [-0.2, -0.15) is 0 Å². The Kier molecular flexibility index (Phi) is 4.04. The third kappa shape index (κ3) is 2.93. The summed E-state index contributed by atoms with van der Waals surface area (Å²) in [6, 6.07) is 9.36. The monoisotopic (exact) mass is 297 g/mol. The first kappa shape index (κ1) is 14.5. The molecule has 0 unspecified atom stereocenters. The number of nitrogens with zero attached hydrogens (tertiary/aromatic N) is 3. The number of benzene rings is 1. The Bertz CT molecular complexity index is 639. The van der Waals surface area contributed by atoms with E-state index in [0.717, 1.165) is 24.3 Å². The van der Waals surface area contributed by atoms with Crippen molar-refractivity contribution in [1.82, 2.24) is 9.97 Å². The molecule has 1 aliphatic carbocycles. The number of methoxy groups -OCH3 is 1. The lowest BCUT2D eigenvalue weighted by atomic mass is 10.1. The van der Waals surface area contributed by atoms with Gasteiger partial charge in [0.15, 0.2) is 0 Å². The van der Waals surface area contributed by atoms with Crippen molar-refractivity contribution in [3.63, 3.8) is 0 Å². The molecule has 0 saturated heterocycles. The minimum absolute atomic E-state index is 0.129. The van der Waals surface area contributed by atoms with Gasteiger partial charge in [-0.15, -0.1) is 0 Å².